The average molecular weight is 232 g/mol. The highest BCUT2D eigenvalue weighted by molar-refractivity contribution is 7.92. The minimum atomic E-state index is -3.52. The van der Waals surface area contributed by atoms with Crippen LogP contribution in [0.2, 0.25) is 0 Å². The Bertz CT molecular complexity index is 418. The molecule has 1 heterocycles. The van der Waals surface area contributed by atoms with E-state index in [0.29, 0.717) is 0 Å². The number of pyridine rings is 1. The smallest absolute Gasteiger partial charge is 0.236 e. The second-order valence-corrected chi connectivity index (χ2v) is 4.63. The second kappa shape index (κ2) is 4.94. The summed E-state index contributed by atoms with van der Waals surface area (Å²) in [7, 11) is -2.11. The van der Waals surface area contributed by atoms with E-state index in [2.05, 4.69) is 14.4 Å². The van der Waals surface area contributed by atoms with E-state index in [0.717, 1.165) is 0 Å². The topological polar surface area (TPSA) is 88.5 Å². The Kier molecular flexibility index (Phi) is 3.87. The number of ether oxygens (including phenoxy) is 1. The summed E-state index contributed by atoms with van der Waals surface area (Å²) in [4.78, 5) is 3.69. The predicted molar refractivity (Wildman–Crippen MR) is 55.2 cm³/mol. The van der Waals surface area contributed by atoms with Crippen molar-refractivity contribution in [3.63, 3.8) is 0 Å². The van der Waals surface area contributed by atoms with Gasteiger partial charge in [-0.05, 0) is 12.1 Å². The van der Waals surface area contributed by atoms with Gasteiger partial charge in [0.1, 0.15) is 0 Å². The lowest BCUT2D eigenvalue weighted by atomic mass is 10.4. The van der Waals surface area contributed by atoms with Gasteiger partial charge in [-0.1, -0.05) is 0 Å². The number of hydrogen-bond donors (Lipinski definition) is 2. The van der Waals surface area contributed by atoms with E-state index in [1.165, 1.54) is 25.4 Å². The third-order valence-electron chi connectivity index (χ3n) is 1.59. The first kappa shape index (κ1) is 11.7. The van der Waals surface area contributed by atoms with Gasteiger partial charge < -0.3 is 9.84 Å². The molecule has 2 N–H and O–H groups in total. The Morgan fingerprint density at radius 1 is 1.60 bits per heavy atom. The van der Waals surface area contributed by atoms with Crippen molar-refractivity contribution in [2.24, 2.45) is 0 Å². The van der Waals surface area contributed by atoms with Crippen LogP contribution in [0.3, 0.4) is 0 Å². The van der Waals surface area contributed by atoms with Crippen LogP contribution in [0.25, 0.3) is 0 Å². The van der Waals surface area contributed by atoms with Gasteiger partial charge >= 0.3 is 0 Å². The number of nitrogens with zero attached hydrogens (tertiary/aromatic N) is 1. The van der Waals surface area contributed by atoms with E-state index in [1.54, 1.807) is 0 Å². The number of aromatic nitrogens is 1. The summed E-state index contributed by atoms with van der Waals surface area (Å²) >= 11 is 0. The van der Waals surface area contributed by atoms with Gasteiger partial charge in [-0.3, -0.25) is 4.72 Å². The van der Waals surface area contributed by atoms with Gasteiger partial charge in [-0.2, -0.15) is 0 Å². The minimum absolute atomic E-state index is 0.0754. The summed E-state index contributed by atoms with van der Waals surface area (Å²) in [5.74, 6) is -0.466. The van der Waals surface area contributed by atoms with Crippen molar-refractivity contribution in [3.05, 3.63) is 18.3 Å². The van der Waals surface area contributed by atoms with E-state index in [1.807, 2.05) is 0 Å². The maximum Gasteiger partial charge on any atom is 0.236 e. The van der Waals surface area contributed by atoms with Crippen LogP contribution in [-0.2, 0) is 14.8 Å². The minimum Gasteiger partial charge on any atom is -0.504 e. The molecular weight excluding hydrogens is 220 g/mol. The monoisotopic (exact) mass is 232 g/mol. The van der Waals surface area contributed by atoms with Gasteiger partial charge in [0.05, 0.1) is 12.4 Å². The largest absolute Gasteiger partial charge is 0.504 e. The molecule has 0 aliphatic carbocycles. The highest BCUT2D eigenvalue weighted by Gasteiger charge is 2.12. The molecule has 7 heteroatoms. The number of aromatic hydroxyl groups is 1. The summed E-state index contributed by atoms with van der Waals surface area (Å²) in [6.45, 7) is 0.0862. The van der Waals surface area contributed by atoms with Gasteiger partial charge in [-0.15, -0.1) is 0 Å². The lowest BCUT2D eigenvalue weighted by molar-refractivity contribution is 0.217. The number of rotatable bonds is 5. The van der Waals surface area contributed by atoms with Crippen LogP contribution < -0.4 is 4.72 Å². The molecule has 0 radical (unpaired) electrons. The Labute approximate surface area is 88.0 Å². The molecule has 1 aromatic heterocycles. The van der Waals surface area contributed by atoms with E-state index < -0.39 is 10.0 Å². The number of methoxy groups -OCH3 is 1. The Hall–Kier alpha value is -1.34. The van der Waals surface area contributed by atoms with Crippen molar-refractivity contribution in [3.8, 4) is 5.75 Å². The summed E-state index contributed by atoms with van der Waals surface area (Å²) < 4.78 is 29.5. The maximum atomic E-state index is 11.4. The zero-order valence-corrected chi connectivity index (χ0v) is 8.99. The molecular formula is C8H12N2O4S. The molecule has 0 unspecified atom stereocenters. The molecule has 1 aromatic rings. The first-order chi connectivity index (χ1) is 7.05. The van der Waals surface area contributed by atoms with Gasteiger partial charge in [0, 0.05) is 13.3 Å². The Morgan fingerprint density at radius 2 is 2.33 bits per heavy atom. The van der Waals surface area contributed by atoms with Gasteiger partial charge in [0.15, 0.2) is 11.6 Å². The lowest BCUT2D eigenvalue weighted by Crippen LogP contribution is -2.20. The molecule has 1 rings (SSSR count). The molecule has 0 aliphatic rings. The lowest BCUT2D eigenvalue weighted by Gasteiger charge is -2.07. The zero-order valence-electron chi connectivity index (χ0n) is 8.17. The maximum absolute atomic E-state index is 11.4. The molecule has 0 aromatic carbocycles. The molecule has 0 saturated heterocycles. The van der Waals surface area contributed by atoms with Crippen LogP contribution in [0.1, 0.15) is 0 Å². The van der Waals surface area contributed by atoms with Crippen LogP contribution in [0.15, 0.2) is 18.3 Å². The highest BCUT2D eigenvalue weighted by atomic mass is 32.2. The van der Waals surface area contributed by atoms with Crippen molar-refractivity contribution < 1.29 is 18.3 Å². The van der Waals surface area contributed by atoms with Crippen LogP contribution in [0, 0.1) is 0 Å². The van der Waals surface area contributed by atoms with E-state index in [4.69, 9.17) is 0 Å². The summed E-state index contributed by atoms with van der Waals surface area (Å²) in [5.41, 5.74) is 0. The SMILES string of the molecule is COCCS(=O)(=O)Nc1ncccc1O. The highest BCUT2D eigenvalue weighted by Crippen LogP contribution is 2.19. The average Bonchev–Trinajstić information content (AvgIpc) is 2.18. The molecule has 6 nitrogen and oxygen atoms in total. The predicted octanol–water partition coefficient (Wildman–Crippen LogP) is 0.175. The van der Waals surface area contributed by atoms with Crippen molar-refractivity contribution in [1.82, 2.24) is 4.98 Å². The molecule has 15 heavy (non-hydrogen) atoms. The number of nitrogens with one attached hydrogen (secondary N) is 1. The van der Waals surface area contributed by atoms with Gasteiger partial charge in [0.25, 0.3) is 0 Å². The van der Waals surface area contributed by atoms with Crippen molar-refractivity contribution in [1.29, 1.82) is 0 Å². The summed E-state index contributed by atoms with van der Waals surface area (Å²) in [6, 6.07) is 2.85. The fourth-order valence-corrected chi connectivity index (χ4v) is 1.81. The fraction of sp³-hybridized carbons (Fsp3) is 0.375. The quantitative estimate of drug-likeness (QED) is 0.755. The standard InChI is InChI=1S/C8H12N2O4S/c1-14-5-6-15(12,13)10-8-7(11)3-2-4-9-8/h2-4,11H,5-6H2,1H3,(H,9,10). The first-order valence-corrected chi connectivity index (χ1v) is 5.84. The molecule has 0 saturated carbocycles. The van der Waals surface area contributed by atoms with E-state index >= 15 is 0 Å². The molecule has 0 aliphatic heterocycles. The molecule has 0 amide bonds. The van der Waals surface area contributed by atoms with Crippen LogP contribution in [0.5, 0.6) is 5.75 Å². The third-order valence-corrected chi connectivity index (χ3v) is 2.80. The number of sulfonamides is 1. The second-order valence-electron chi connectivity index (χ2n) is 2.78. The summed E-state index contributed by atoms with van der Waals surface area (Å²) in [6.07, 6.45) is 1.38. The zero-order chi connectivity index (χ0) is 11.3. The van der Waals surface area contributed by atoms with Crippen LogP contribution >= 0.6 is 0 Å². The molecule has 0 bridgehead atoms. The third kappa shape index (κ3) is 3.72. The molecule has 84 valence electrons. The normalized spacial score (nSPS) is 11.3. The van der Waals surface area contributed by atoms with Crippen LogP contribution in [0.4, 0.5) is 5.82 Å². The number of anilines is 1. The number of hydrogen-bond acceptors (Lipinski definition) is 5. The van der Waals surface area contributed by atoms with Gasteiger partial charge in [-0.25, -0.2) is 13.4 Å². The fourth-order valence-electron chi connectivity index (χ4n) is 0.867. The van der Waals surface area contributed by atoms with Crippen molar-refractivity contribution in [2.45, 2.75) is 0 Å². The molecule has 0 spiro atoms. The van der Waals surface area contributed by atoms with E-state index in [-0.39, 0.29) is 23.9 Å². The van der Waals surface area contributed by atoms with Crippen molar-refractivity contribution in [2.75, 3.05) is 24.2 Å². The first-order valence-electron chi connectivity index (χ1n) is 4.18. The van der Waals surface area contributed by atoms with E-state index in [9.17, 15) is 13.5 Å². The Morgan fingerprint density at radius 3 is 2.93 bits per heavy atom. The molecule has 0 atom stereocenters. The van der Waals surface area contributed by atoms with Crippen LogP contribution in [-0.4, -0.2) is 38.0 Å². The van der Waals surface area contributed by atoms with Gasteiger partial charge in [0.2, 0.25) is 10.0 Å². The Balaban J connectivity index is 2.74. The van der Waals surface area contributed by atoms with Crippen molar-refractivity contribution >= 4 is 15.8 Å². The molecule has 0 fully saturated rings. The summed E-state index contributed by atoms with van der Waals surface area (Å²) in [5, 5.41) is 9.28.